The van der Waals surface area contributed by atoms with Gasteiger partial charge < -0.3 is 5.73 Å². The van der Waals surface area contributed by atoms with Crippen LogP contribution in [0.15, 0.2) is 29.7 Å². The molecule has 1 aromatic heterocycles. The van der Waals surface area contributed by atoms with Crippen molar-refractivity contribution < 1.29 is 9.59 Å². The van der Waals surface area contributed by atoms with Gasteiger partial charge in [-0.2, -0.15) is 0 Å². The third kappa shape index (κ3) is 4.27. The Hall–Kier alpha value is -2.06. The first-order valence-electron chi connectivity index (χ1n) is 7.23. The molecule has 0 spiro atoms. The summed E-state index contributed by atoms with van der Waals surface area (Å²) >= 11 is 7.38. The molecule has 0 radical (unpaired) electrons. The number of hydrogen-bond acceptors (Lipinski definition) is 5. The number of hydrogen-bond donors (Lipinski definition) is 2. The van der Waals surface area contributed by atoms with E-state index in [4.69, 9.17) is 17.3 Å². The highest BCUT2D eigenvalue weighted by Crippen LogP contribution is 2.29. The van der Waals surface area contributed by atoms with Crippen LogP contribution in [0.2, 0.25) is 5.02 Å². The number of nitrogens with zero attached hydrogens (tertiary/aromatic N) is 3. The van der Waals surface area contributed by atoms with E-state index in [1.165, 1.54) is 11.8 Å². The topological polar surface area (TPSA) is 103 Å². The number of rotatable bonds is 5. The number of carbonyl (C=O) groups is 2. The van der Waals surface area contributed by atoms with E-state index in [0.717, 1.165) is 11.3 Å². The average Bonchev–Trinajstić information content (AvgIpc) is 2.94. The van der Waals surface area contributed by atoms with Gasteiger partial charge in [-0.05, 0) is 30.5 Å². The Bertz CT molecular complexity index is 762. The molecule has 1 atom stereocenters. The van der Waals surface area contributed by atoms with E-state index in [9.17, 15) is 9.59 Å². The number of nitrogens with two attached hydrogens (primary N) is 1. The number of imide groups is 1. The highest BCUT2D eigenvalue weighted by Gasteiger charge is 2.27. The van der Waals surface area contributed by atoms with E-state index in [1.54, 1.807) is 17.0 Å². The Morgan fingerprint density at radius 1 is 1.38 bits per heavy atom. The smallest absolute Gasteiger partial charge is 0.318 e. The molecule has 2 rings (SSSR count). The van der Waals surface area contributed by atoms with Crippen molar-refractivity contribution >= 4 is 35.3 Å². The van der Waals surface area contributed by atoms with E-state index in [2.05, 4.69) is 15.5 Å². The SMILES string of the molecule is Cc1ccc(-n2cnnc2SC(C(=O)NC(N)=O)C(C)C)cc1Cl. The molecule has 0 aliphatic rings. The molecule has 2 aromatic rings. The summed E-state index contributed by atoms with van der Waals surface area (Å²) in [6, 6.07) is 4.71. The van der Waals surface area contributed by atoms with Crippen LogP contribution in [0.25, 0.3) is 5.69 Å². The molecule has 0 aliphatic carbocycles. The average molecular weight is 368 g/mol. The summed E-state index contributed by atoms with van der Waals surface area (Å²) in [6.45, 7) is 5.67. The van der Waals surface area contributed by atoms with Crippen molar-refractivity contribution in [1.29, 1.82) is 0 Å². The Labute approximate surface area is 149 Å². The minimum atomic E-state index is -0.877. The maximum atomic E-state index is 12.2. The molecule has 0 aliphatic heterocycles. The maximum absolute atomic E-state index is 12.2. The monoisotopic (exact) mass is 367 g/mol. The first-order chi connectivity index (χ1) is 11.3. The van der Waals surface area contributed by atoms with Crippen LogP contribution in [0.1, 0.15) is 19.4 Å². The number of carbonyl (C=O) groups excluding carboxylic acids is 2. The number of amides is 3. The molecule has 7 nitrogen and oxygen atoms in total. The fourth-order valence-corrected chi connectivity index (χ4v) is 3.21. The van der Waals surface area contributed by atoms with Gasteiger partial charge in [-0.25, -0.2) is 4.79 Å². The number of benzene rings is 1. The summed E-state index contributed by atoms with van der Waals surface area (Å²) in [5.74, 6) is -0.500. The normalized spacial score (nSPS) is 12.2. The summed E-state index contributed by atoms with van der Waals surface area (Å²) < 4.78 is 1.74. The zero-order valence-electron chi connectivity index (χ0n) is 13.5. The molecular weight excluding hydrogens is 350 g/mol. The van der Waals surface area contributed by atoms with E-state index in [1.807, 2.05) is 32.9 Å². The lowest BCUT2D eigenvalue weighted by Gasteiger charge is -2.18. The molecule has 3 amide bonds. The number of halogens is 1. The second-order valence-electron chi connectivity index (χ2n) is 5.55. The molecule has 1 aromatic carbocycles. The van der Waals surface area contributed by atoms with Crippen molar-refractivity contribution in [3.05, 3.63) is 35.1 Å². The van der Waals surface area contributed by atoms with Crippen molar-refractivity contribution in [1.82, 2.24) is 20.1 Å². The molecule has 1 unspecified atom stereocenters. The van der Waals surface area contributed by atoms with E-state index in [0.29, 0.717) is 10.2 Å². The van der Waals surface area contributed by atoms with Crippen LogP contribution in [-0.2, 0) is 4.79 Å². The van der Waals surface area contributed by atoms with Gasteiger partial charge in [-0.15, -0.1) is 10.2 Å². The summed E-state index contributed by atoms with van der Waals surface area (Å²) in [6.07, 6.45) is 1.55. The number of aromatic nitrogens is 3. The Morgan fingerprint density at radius 2 is 2.08 bits per heavy atom. The van der Waals surface area contributed by atoms with Crippen LogP contribution in [0.3, 0.4) is 0 Å². The van der Waals surface area contributed by atoms with Crippen molar-refractivity contribution in [2.24, 2.45) is 11.7 Å². The number of aryl methyl sites for hydroxylation is 1. The van der Waals surface area contributed by atoms with Gasteiger partial charge in [-0.3, -0.25) is 14.7 Å². The Morgan fingerprint density at radius 3 is 2.67 bits per heavy atom. The molecule has 0 fully saturated rings. The highest BCUT2D eigenvalue weighted by atomic mass is 35.5. The lowest BCUT2D eigenvalue weighted by Crippen LogP contribution is -2.42. The van der Waals surface area contributed by atoms with E-state index >= 15 is 0 Å². The predicted octanol–water partition coefficient (Wildman–Crippen LogP) is 2.54. The van der Waals surface area contributed by atoms with Gasteiger partial charge in [0.25, 0.3) is 0 Å². The molecular formula is C15H18ClN5O2S. The van der Waals surface area contributed by atoms with Gasteiger partial charge >= 0.3 is 6.03 Å². The molecule has 1 heterocycles. The second-order valence-corrected chi connectivity index (χ2v) is 7.07. The van der Waals surface area contributed by atoms with Crippen LogP contribution in [-0.4, -0.2) is 32.0 Å². The van der Waals surface area contributed by atoms with E-state index < -0.39 is 17.2 Å². The van der Waals surface area contributed by atoms with Gasteiger partial charge in [-0.1, -0.05) is 43.3 Å². The zero-order valence-corrected chi connectivity index (χ0v) is 15.1. The van der Waals surface area contributed by atoms with Gasteiger partial charge in [0.1, 0.15) is 6.33 Å². The number of thioether (sulfide) groups is 1. The molecule has 0 saturated carbocycles. The highest BCUT2D eigenvalue weighted by molar-refractivity contribution is 8.00. The van der Waals surface area contributed by atoms with Gasteiger partial charge in [0.15, 0.2) is 5.16 Å². The summed E-state index contributed by atoms with van der Waals surface area (Å²) in [5, 5.41) is 10.7. The second kappa shape index (κ2) is 7.67. The van der Waals surface area contributed by atoms with Crippen LogP contribution in [0, 0.1) is 12.8 Å². The molecule has 24 heavy (non-hydrogen) atoms. The Kier molecular flexibility index (Phi) is 5.84. The quantitative estimate of drug-likeness (QED) is 0.790. The van der Waals surface area contributed by atoms with E-state index in [-0.39, 0.29) is 5.92 Å². The summed E-state index contributed by atoms with van der Waals surface area (Å²) in [4.78, 5) is 23.1. The van der Waals surface area contributed by atoms with Crippen LogP contribution >= 0.6 is 23.4 Å². The maximum Gasteiger partial charge on any atom is 0.318 e. The van der Waals surface area contributed by atoms with Gasteiger partial charge in [0, 0.05) is 5.02 Å². The number of primary amides is 1. The van der Waals surface area contributed by atoms with Crippen LogP contribution in [0.4, 0.5) is 4.79 Å². The van der Waals surface area contributed by atoms with Crippen LogP contribution in [0.5, 0.6) is 0 Å². The predicted molar refractivity (Wildman–Crippen MR) is 93.3 cm³/mol. The minimum Gasteiger partial charge on any atom is -0.351 e. The molecule has 3 N–H and O–H groups in total. The third-order valence-electron chi connectivity index (χ3n) is 3.29. The Balaban J connectivity index is 2.29. The molecule has 0 saturated heterocycles. The first kappa shape index (κ1) is 18.3. The fourth-order valence-electron chi connectivity index (χ4n) is 2.01. The minimum absolute atomic E-state index is 0.0406. The summed E-state index contributed by atoms with van der Waals surface area (Å²) in [7, 11) is 0. The fraction of sp³-hybridized carbons (Fsp3) is 0.333. The first-order valence-corrected chi connectivity index (χ1v) is 8.49. The molecule has 9 heteroatoms. The van der Waals surface area contributed by atoms with Crippen molar-refractivity contribution in [3.8, 4) is 5.69 Å². The molecule has 128 valence electrons. The molecule has 0 bridgehead atoms. The zero-order chi connectivity index (χ0) is 17.9. The van der Waals surface area contributed by atoms with Crippen molar-refractivity contribution in [3.63, 3.8) is 0 Å². The van der Waals surface area contributed by atoms with Crippen LogP contribution < -0.4 is 11.1 Å². The lowest BCUT2D eigenvalue weighted by atomic mass is 10.1. The summed E-state index contributed by atoms with van der Waals surface area (Å²) in [5.41, 5.74) is 6.78. The lowest BCUT2D eigenvalue weighted by molar-refractivity contribution is -0.120. The van der Waals surface area contributed by atoms with Gasteiger partial charge in [0.2, 0.25) is 5.91 Å². The standard InChI is InChI=1S/C15H18ClN5O2S/c1-8(2)12(13(22)19-14(17)23)24-15-20-18-7-21(15)10-5-4-9(3)11(16)6-10/h4-8,12H,1-3H3,(H3,17,19,22,23). The number of nitrogens with one attached hydrogen (secondary N) is 1. The number of urea groups is 1. The third-order valence-corrected chi connectivity index (χ3v) is 5.20. The van der Waals surface area contributed by atoms with Gasteiger partial charge in [0.05, 0.1) is 10.9 Å². The largest absolute Gasteiger partial charge is 0.351 e. The van der Waals surface area contributed by atoms with Crippen molar-refractivity contribution in [2.75, 3.05) is 0 Å². The van der Waals surface area contributed by atoms with Crippen molar-refractivity contribution in [2.45, 2.75) is 31.2 Å².